The summed E-state index contributed by atoms with van der Waals surface area (Å²) in [6.07, 6.45) is 10.2. The molecule has 53 heavy (non-hydrogen) atoms. The Morgan fingerprint density at radius 2 is 1.57 bits per heavy atom. The highest BCUT2D eigenvalue weighted by Crippen LogP contribution is 2.77. The summed E-state index contributed by atoms with van der Waals surface area (Å²) in [7, 11) is 4.24. The molecule has 6 aliphatic rings. The lowest BCUT2D eigenvalue weighted by Crippen LogP contribution is -2.66. The highest BCUT2D eigenvalue weighted by atomic mass is 16.5. The van der Waals surface area contributed by atoms with E-state index in [1.165, 1.54) is 18.4 Å². The van der Waals surface area contributed by atoms with Gasteiger partial charge in [-0.3, -0.25) is 19.3 Å². The van der Waals surface area contributed by atoms with Gasteiger partial charge in [-0.15, -0.1) is 0 Å². The van der Waals surface area contributed by atoms with Gasteiger partial charge < -0.3 is 19.8 Å². The Balaban J connectivity index is 1.28. The number of hydrogen-bond acceptors (Lipinski definition) is 7. The van der Waals surface area contributed by atoms with Gasteiger partial charge in [0.15, 0.2) is 5.78 Å². The molecule has 0 saturated heterocycles. The zero-order valence-corrected chi connectivity index (χ0v) is 35.3. The van der Waals surface area contributed by atoms with Gasteiger partial charge in [0.2, 0.25) is 0 Å². The lowest BCUT2D eigenvalue weighted by molar-refractivity contribution is -0.235. The van der Waals surface area contributed by atoms with E-state index in [0.717, 1.165) is 82.5 Å². The Kier molecular flexibility index (Phi) is 10.8. The summed E-state index contributed by atoms with van der Waals surface area (Å²) in [5.41, 5.74) is 0.710. The van der Waals surface area contributed by atoms with Crippen LogP contribution in [-0.4, -0.2) is 90.2 Å². The van der Waals surface area contributed by atoms with Crippen molar-refractivity contribution in [2.75, 3.05) is 40.3 Å². The van der Waals surface area contributed by atoms with Gasteiger partial charge in [0.05, 0.1) is 17.9 Å². The molecule has 0 aromatic heterocycles. The number of Topliss-reactive ketones (excluding diaryl/α,β-unsaturated/α-hetero) is 1. The van der Waals surface area contributed by atoms with Gasteiger partial charge in [-0.05, 0) is 144 Å². The topological polar surface area (TPSA) is 107 Å². The Morgan fingerprint density at radius 1 is 0.887 bits per heavy atom. The number of carbonyl (C=O) groups is 3. The van der Waals surface area contributed by atoms with Crippen LogP contribution in [-0.2, 0) is 19.1 Å². The van der Waals surface area contributed by atoms with Gasteiger partial charge in [0.1, 0.15) is 6.10 Å². The van der Waals surface area contributed by atoms with Crippen molar-refractivity contribution in [3.63, 3.8) is 0 Å². The van der Waals surface area contributed by atoms with Crippen LogP contribution >= 0.6 is 0 Å². The molecule has 0 radical (unpaired) electrons. The second-order valence-electron chi connectivity index (χ2n) is 21.6. The molecular formula is C45H74N2O6. The van der Waals surface area contributed by atoms with E-state index in [1.807, 2.05) is 0 Å². The Morgan fingerprint density at radius 3 is 2.17 bits per heavy atom. The van der Waals surface area contributed by atoms with Crippen molar-refractivity contribution in [2.24, 2.45) is 62.1 Å². The van der Waals surface area contributed by atoms with Gasteiger partial charge in [-0.25, -0.2) is 0 Å². The quantitative estimate of drug-likeness (QED) is 0.183. The molecule has 8 heteroatoms. The van der Waals surface area contributed by atoms with Crippen molar-refractivity contribution < 1.29 is 29.3 Å². The number of ketones is 1. The third kappa shape index (κ3) is 6.78. The van der Waals surface area contributed by atoms with E-state index in [2.05, 4.69) is 72.4 Å². The maximum atomic E-state index is 14.2. The Labute approximate surface area is 321 Å². The first-order valence-corrected chi connectivity index (χ1v) is 21.3. The summed E-state index contributed by atoms with van der Waals surface area (Å²) in [5.74, 6) is 0.958. The van der Waals surface area contributed by atoms with Crippen LogP contribution in [0.4, 0.5) is 0 Å². The Hall–Kier alpha value is -1.77. The molecule has 5 saturated carbocycles. The number of aliphatic hydroxyl groups excluding tert-OH is 1. The maximum absolute atomic E-state index is 14.2. The fraction of sp³-hybridized carbons (Fsp3) is 0.889. The molecule has 6 rings (SSSR count). The highest BCUT2D eigenvalue weighted by molar-refractivity contribution is 6.00. The maximum Gasteiger partial charge on any atom is 0.309 e. The molecule has 0 spiro atoms. The van der Waals surface area contributed by atoms with Crippen molar-refractivity contribution in [3.8, 4) is 0 Å². The number of likely N-dealkylation sites (N-methyl/N-ethyl adjacent to an activating group) is 1. The minimum atomic E-state index is -1.16. The fourth-order valence-corrected chi connectivity index (χ4v) is 13.6. The van der Waals surface area contributed by atoms with Crippen molar-refractivity contribution in [1.82, 2.24) is 9.80 Å². The predicted molar refractivity (Wildman–Crippen MR) is 209 cm³/mol. The number of carbonyl (C=O) groups excluding carboxylic acids is 2. The minimum absolute atomic E-state index is 0.0156. The number of carboxylic acid groups (broad SMARTS) is 1. The number of rotatable bonds is 13. The zero-order valence-electron chi connectivity index (χ0n) is 35.3. The predicted octanol–water partition coefficient (Wildman–Crippen LogP) is 8.01. The molecule has 0 aromatic carbocycles. The van der Waals surface area contributed by atoms with Crippen LogP contribution in [0.5, 0.6) is 0 Å². The number of hydrogen-bond donors (Lipinski definition) is 2. The standard InChI is InChI=1S/C45H74N2O6/c1-28(2)37-31(48)24-45(34(49)27-47(23-22-46(10)11)26-29-12-13-29)21-20-43(8)30(38(37)45)14-15-33-42(7)18-17-35(53-36(50)25-40(3,4)39(51)52)41(5,6)32(42)16-19-44(33,43)9/h28-30,32-35,49H,12-27H2,1-11H3,(H,51,52)/t30-,32+,33-,34+,35+,42+,43-,44-,45+/m1/s1. The summed E-state index contributed by atoms with van der Waals surface area (Å²) >= 11 is 0. The molecule has 0 aliphatic heterocycles. The van der Waals surface area contributed by atoms with E-state index < -0.39 is 28.9 Å². The molecule has 0 heterocycles. The number of allylic oxidation sites excluding steroid dienone is 1. The zero-order chi connectivity index (χ0) is 39.1. The number of aliphatic hydroxyl groups is 1. The average molecular weight is 739 g/mol. The molecule has 2 N–H and O–H groups in total. The van der Waals surface area contributed by atoms with E-state index in [9.17, 15) is 24.6 Å². The van der Waals surface area contributed by atoms with Crippen molar-refractivity contribution >= 4 is 17.7 Å². The van der Waals surface area contributed by atoms with Crippen molar-refractivity contribution in [2.45, 2.75) is 152 Å². The molecule has 0 amide bonds. The molecule has 0 unspecified atom stereocenters. The molecule has 5 fully saturated rings. The molecule has 300 valence electrons. The second-order valence-corrected chi connectivity index (χ2v) is 21.6. The summed E-state index contributed by atoms with van der Waals surface area (Å²) in [4.78, 5) is 43.8. The number of ether oxygens (including phenoxy) is 1. The summed E-state index contributed by atoms with van der Waals surface area (Å²) in [5, 5.41) is 22.1. The van der Waals surface area contributed by atoms with Crippen LogP contribution in [0.25, 0.3) is 0 Å². The number of fused-ring (bicyclic) bond motifs is 7. The van der Waals surface area contributed by atoms with Crippen molar-refractivity contribution in [3.05, 3.63) is 11.1 Å². The molecular weight excluding hydrogens is 665 g/mol. The summed E-state index contributed by atoms with van der Waals surface area (Å²) < 4.78 is 6.19. The molecule has 0 bridgehead atoms. The molecule has 8 nitrogen and oxygen atoms in total. The van der Waals surface area contributed by atoms with Crippen LogP contribution < -0.4 is 0 Å². The summed E-state index contributed by atoms with van der Waals surface area (Å²) in [6.45, 7) is 23.4. The first-order chi connectivity index (χ1) is 24.5. The highest BCUT2D eigenvalue weighted by Gasteiger charge is 2.71. The van der Waals surface area contributed by atoms with Crippen LogP contribution in [0, 0.1) is 62.1 Å². The molecule has 9 atom stereocenters. The fourth-order valence-electron chi connectivity index (χ4n) is 13.6. The van der Waals surface area contributed by atoms with Gasteiger partial charge in [0.25, 0.3) is 0 Å². The van der Waals surface area contributed by atoms with Gasteiger partial charge in [-0.2, -0.15) is 0 Å². The monoisotopic (exact) mass is 739 g/mol. The van der Waals surface area contributed by atoms with Crippen LogP contribution in [0.1, 0.15) is 139 Å². The number of carboxylic acids is 1. The number of aliphatic carboxylic acids is 1. The normalized spacial score (nSPS) is 38.7. The van der Waals surface area contributed by atoms with Gasteiger partial charge >= 0.3 is 11.9 Å². The lowest BCUT2D eigenvalue weighted by atomic mass is 9.33. The van der Waals surface area contributed by atoms with Crippen molar-refractivity contribution in [1.29, 1.82) is 0 Å². The Bertz CT molecular complexity index is 1480. The largest absolute Gasteiger partial charge is 0.481 e. The first kappa shape index (κ1) is 40.9. The minimum Gasteiger partial charge on any atom is -0.481 e. The smallest absolute Gasteiger partial charge is 0.309 e. The SMILES string of the molecule is CC(C)C1=C2[C@H]3CC[C@@H]4[C@@]5(C)CC[C@H](OC(=O)CC(C)(C)C(=O)O)C(C)(C)[C@@H]5CC[C@@]4(C)[C@]3(C)CC[C@@]2([C@@H](O)CN(CCN(C)C)CC2CC2)CC1=O. The van der Waals surface area contributed by atoms with Gasteiger partial charge in [-0.1, -0.05) is 54.0 Å². The van der Waals surface area contributed by atoms with Crippen LogP contribution in [0.15, 0.2) is 11.1 Å². The van der Waals surface area contributed by atoms with E-state index in [4.69, 9.17) is 4.74 Å². The van der Waals surface area contributed by atoms with E-state index in [0.29, 0.717) is 24.8 Å². The second kappa shape index (κ2) is 14.0. The summed E-state index contributed by atoms with van der Waals surface area (Å²) in [6, 6.07) is 0. The van der Waals surface area contributed by atoms with Crippen LogP contribution in [0.3, 0.4) is 0 Å². The molecule has 0 aromatic rings. The average Bonchev–Trinajstić information content (AvgIpc) is 3.80. The van der Waals surface area contributed by atoms with E-state index >= 15 is 0 Å². The number of nitrogens with zero attached hydrogens (tertiary/aromatic N) is 2. The lowest BCUT2D eigenvalue weighted by Gasteiger charge is -2.72. The third-order valence-corrected chi connectivity index (χ3v) is 17.0. The van der Waals surface area contributed by atoms with Crippen LogP contribution in [0.2, 0.25) is 0 Å². The third-order valence-electron chi connectivity index (χ3n) is 17.0. The van der Waals surface area contributed by atoms with E-state index in [1.54, 1.807) is 13.8 Å². The number of esters is 1. The molecule has 6 aliphatic carbocycles. The first-order valence-electron chi connectivity index (χ1n) is 21.3. The van der Waals surface area contributed by atoms with Gasteiger partial charge in [0, 0.05) is 43.4 Å². The van der Waals surface area contributed by atoms with E-state index in [-0.39, 0.29) is 51.8 Å².